The van der Waals surface area contributed by atoms with E-state index in [0.29, 0.717) is 0 Å². The number of unbranched alkanes of at least 4 members (excludes halogenated alkanes) is 18. The fraction of sp³-hybridized carbons (Fsp3) is 1.00. The predicted octanol–water partition coefficient (Wildman–Crippen LogP) is 9.98. The Balaban J connectivity index is 3.51. The van der Waals surface area contributed by atoms with Gasteiger partial charge >= 0.3 is 189 Å². The van der Waals surface area contributed by atoms with Crippen molar-refractivity contribution in [3.05, 3.63) is 0 Å². The first kappa shape index (κ1) is 29.1. The second-order valence-corrected chi connectivity index (χ2v) is 19.3. The van der Waals surface area contributed by atoms with Gasteiger partial charge in [-0.3, -0.25) is 0 Å². The van der Waals surface area contributed by atoms with E-state index < -0.39 is 5.23 Å². The van der Waals surface area contributed by atoms with E-state index >= 15 is 0 Å². The molecule has 0 rings (SSSR count). The molecule has 0 saturated carbocycles. The quantitative estimate of drug-likeness (QED) is 0.0847. The minimum absolute atomic E-state index is 0.825. The van der Waals surface area contributed by atoms with Crippen molar-refractivity contribution in [2.45, 2.75) is 142 Å². The van der Waals surface area contributed by atoms with Crippen LogP contribution in [0.3, 0.4) is 0 Å². The van der Waals surface area contributed by atoms with Crippen LogP contribution in [-0.4, -0.2) is 17.2 Å². The van der Waals surface area contributed by atoms with Crippen LogP contribution in [0.15, 0.2) is 0 Å². The molecular formula is C24H53OPS2. The molecule has 0 saturated heterocycles. The van der Waals surface area contributed by atoms with Crippen molar-refractivity contribution in [2.24, 2.45) is 0 Å². The molecule has 0 fully saturated rings. The van der Waals surface area contributed by atoms with Gasteiger partial charge in [0.05, 0.1) is 0 Å². The first-order chi connectivity index (χ1) is 13.4. The predicted molar refractivity (Wildman–Crippen MR) is 141 cm³/mol. The van der Waals surface area contributed by atoms with Crippen molar-refractivity contribution >= 4 is 29.7 Å². The molecule has 0 unspecified atom stereocenters. The summed E-state index contributed by atoms with van der Waals surface area (Å²) in [5, 5.41) is -2.97. The molecule has 4 heteroatoms. The number of thiol groups is 2. The molecule has 0 aromatic heterocycles. The first-order valence-electron chi connectivity index (χ1n) is 12.6. The maximum absolute atomic E-state index is 10.9. The Morgan fingerprint density at radius 1 is 0.429 bits per heavy atom. The Bertz CT molecular complexity index is 300. The van der Waals surface area contributed by atoms with Crippen molar-refractivity contribution in [3.8, 4) is 0 Å². The van der Waals surface area contributed by atoms with Gasteiger partial charge in [0.15, 0.2) is 0 Å². The van der Waals surface area contributed by atoms with E-state index in [0.717, 1.165) is 25.2 Å². The van der Waals surface area contributed by atoms with E-state index in [2.05, 4.69) is 38.3 Å². The van der Waals surface area contributed by atoms with Crippen LogP contribution in [0.25, 0.3) is 0 Å². The number of hydrogen-bond donors (Lipinski definition) is 3. The van der Waals surface area contributed by atoms with Crippen molar-refractivity contribution in [1.29, 1.82) is 0 Å². The minimum atomic E-state index is -2.97. The zero-order chi connectivity index (χ0) is 21.0. The second-order valence-electron chi connectivity index (χ2n) is 9.15. The second kappa shape index (κ2) is 18.8. The Labute approximate surface area is 188 Å². The Morgan fingerprint density at radius 3 is 0.893 bits per heavy atom. The Kier molecular flexibility index (Phi) is 19.6. The number of hydrogen-bond acceptors (Lipinski definition) is 3. The SMILES string of the molecule is CCCCCCCCCCCCP(O)(S)(S)CCCCCCCCCCCC. The van der Waals surface area contributed by atoms with E-state index in [1.54, 1.807) is 0 Å². The van der Waals surface area contributed by atoms with Gasteiger partial charge in [-0.05, 0) is 0 Å². The van der Waals surface area contributed by atoms with Gasteiger partial charge in [-0.2, -0.15) is 0 Å². The summed E-state index contributed by atoms with van der Waals surface area (Å²) in [5.41, 5.74) is 0. The first-order valence-corrected chi connectivity index (χ1v) is 17.5. The normalized spacial score (nSPS) is 13.5. The summed E-state index contributed by atoms with van der Waals surface area (Å²) in [6.45, 7) is 4.55. The van der Waals surface area contributed by atoms with Gasteiger partial charge in [0.1, 0.15) is 0 Å². The molecule has 0 aliphatic rings. The molecule has 0 spiro atoms. The van der Waals surface area contributed by atoms with Crippen LogP contribution in [0, 0.1) is 0 Å². The summed E-state index contributed by atoms with van der Waals surface area (Å²) in [4.78, 5) is 10.9. The monoisotopic (exact) mass is 452 g/mol. The molecule has 0 bridgehead atoms. The third kappa shape index (κ3) is 21.8. The van der Waals surface area contributed by atoms with Gasteiger partial charge in [0.2, 0.25) is 0 Å². The van der Waals surface area contributed by atoms with Crippen molar-refractivity contribution in [2.75, 3.05) is 12.3 Å². The average molecular weight is 453 g/mol. The summed E-state index contributed by atoms with van der Waals surface area (Å²) in [6.07, 6.45) is 28.3. The molecule has 0 heterocycles. The van der Waals surface area contributed by atoms with E-state index in [1.807, 2.05) is 0 Å². The molecule has 0 aliphatic heterocycles. The van der Waals surface area contributed by atoms with Crippen LogP contribution >= 0.6 is 29.7 Å². The molecular weight excluding hydrogens is 399 g/mol. The van der Waals surface area contributed by atoms with Gasteiger partial charge in [0.25, 0.3) is 0 Å². The third-order valence-corrected chi connectivity index (χ3v) is 10.8. The summed E-state index contributed by atoms with van der Waals surface area (Å²) < 4.78 is 0. The van der Waals surface area contributed by atoms with Crippen LogP contribution in [0.4, 0.5) is 0 Å². The molecule has 1 N–H and O–H groups in total. The fourth-order valence-electron chi connectivity index (χ4n) is 3.96. The Hall–Kier alpha value is 1.09. The van der Waals surface area contributed by atoms with Gasteiger partial charge in [0, 0.05) is 0 Å². The summed E-state index contributed by atoms with van der Waals surface area (Å²) >= 11 is 9.35. The zero-order valence-corrected chi connectivity index (χ0v) is 22.0. The topological polar surface area (TPSA) is 20.2 Å². The number of rotatable bonds is 22. The fourth-order valence-corrected chi connectivity index (χ4v) is 7.62. The van der Waals surface area contributed by atoms with Gasteiger partial charge in [-0.25, -0.2) is 0 Å². The molecule has 172 valence electrons. The molecule has 0 aromatic rings. The average Bonchev–Trinajstić information content (AvgIpc) is 2.64. The van der Waals surface area contributed by atoms with Crippen LogP contribution in [0.5, 0.6) is 0 Å². The van der Waals surface area contributed by atoms with Crippen LogP contribution in [0.2, 0.25) is 0 Å². The van der Waals surface area contributed by atoms with E-state index in [9.17, 15) is 4.89 Å². The van der Waals surface area contributed by atoms with Crippen LogP contribution in [-0.2, 0) is 0 Å². The van der Waals surface area contributed by atoms with Crippen molar-refractivity contribution < 1.29 is 4.89 Å². The molecule has 1 nitrogen and oxygen atoms in total. The van der Waals surface area contributed by atoms with Crippen LogP contribution in [0.1, 0.15) is 142 Å². The summed E-state index contributed by atoms with van der Waals surface area (Å²) in [7, 11) is 0. The molecule has 0 aromatic carbocycles. The Morgan fingerprint density at radius 2 is 0.643 bits per heavy atom. The van der Waals surface area contributed by atoms with Crippen molar-refractivity contribution in [3.63, 3.8) is 0 Å². The van der Waals surface area contributed by atoms with Gasteiger partial charge < -0.3 is 0 Å². The molecule has 0 amide bonds. The molecule has 28 heavy (non-hydrogen) atoms. The third-order valence-electron chi connectivity index (χ3n) is 5.94. The van der Waals surface area contributed by atoms with Gasteiger partial charge in [-0.1, -0.05) is 0 Å². The maximum atomic E-state index is 10.9. The standard InChI is InChI=1S/C24H53OPS2/c1-3-5-7-9-11-13-15-17-19-21-23-26(25,27,28)24-22-20-18-16-14-12-10-8-6-4-2/h25,27-28H,3-24H2,1-2H3. The molecule has 0 aliphatic carbocycles. The van der Waals surface area contributed by atoms with E-state index in [1.165, 1.54) is 116 Å². The van der Waals surface area contributed by atoms with E-state index in [-0.39, 0.29) is 0 Å². The van der Waals surface area contributed by atoms with E-state index in [4.69, 9.17) is 0 Å². The van der Waals surface area contributed by atoms with Gasteiger partial charge in [-0.15, -0.1) is 0 Å². The van der Waals surface area contributed by atoms with Crippen molar-refractivity contribution in [1.82, 2.24) is 0 Å². The van der Waals surface area contributed by atoms with Crippen LogP contribution < -0.4 is 0 Å². The summed E-state index contributed by atoms with van der Waals surface area (Å²) in [5.74, 6) is 0. The summed E-state index contributed by atoms with van der Waals surface area (Å²) in [6, 6.07) is 0. The molecule has 0 radical (unpaired) electrons. The zero-order valence-electron chi connectivity index (χ0n) is 19.3. The molecule has 0 atom stereocenters.